The van der Waals surface area contributed by atoms with Crippen molar-refractivity contribution in [3.63, 3.8) is 0 Å². The first-order chi connectivity index (χ1) is 14.1. The van der Waals surface area contributed by atoms with Crippen LogP contribution in [0.2, 0.25) is 0 Å². The average molecular weight is 407 g/mol. The van der Waals surface area contributed by atoms with Crippen LogP contribution in [-0.2, 0) is 11.2 Å². The van der Waals surface area contributed by atoms with Crippen molar-refractivity contribution in [3.05, 3.63) is 71.0 Å². The van der Waals surface area contributed by atoms with E-state index in [4.69, 9.17) is 0 Å². The maximum Gasteiger partial charge on any atom is 0.273 e. The van der Waals surface area contributed by atoms with Crippen molar-refractivity contribution in [2.75, 3.05) is 26.2 Å². The Bertz CT molecular complexity index is 993. The van der Waals surface area contributed by atoms with Gasteiger partial charge in [0.15, 0.2) is 0 Å². The van der Waals surface area contributed by atoms with E-state index in [1.54, 1.807) is 16.0 Å². The van der Waals surface area contributed by atoms with Gasteiger partial charge in [-0.05, 0) is 19.1 Å². The largest absolute Gasteiger partial charge is 0.339 e. The second-order valence-corrected chi connectivity index (χ2v) is 7.93. The van der Waals surface area contributed by atoms with Crippen molar-refractivity contribution in [2.24, 2.45) is 0 Å². The topological polar surface area (TPSA) is 66.4 Å². The quantitative estimate of drug-likeness (QED) is 0.668. The molecule has 0 unspecified atom stereocenters. The van der Waals surface area contributed by atoms with Crippen molar-refractivity contribution < 1.29 is 9.59 Å². The molecule has 1 aliphatic heterocycles. The molecule has 0 spiro atoms. The Morgan fingerprint density at radius 2 is 1.72 bits per heavy atom. The van der Waals surface area contributed by atoms with Gasteiger partial charge in [0.1, 0.15) is 10.7 Å². The zero-order valence-electron chi connectivity index (χ0n) is 16.2. The van der Waals surface area contributed by atoms with E-state index in [1.165, 1.54) is 16.9 Å². The number of thiazole rings is 1. The smallest absolute Gasteiger partial charge is 0.273 e. The molecule has 6 nitrogen and oxygen atoms in total. The SMILES string of the molecule is Cc1ccc(-c2nc(C(=O)N3CCN(C(=O)Cc4ccccn4)CC3)cs2)cc1. The van der Waals surface area contributed by atoms with Crippen LogP contribution in [0.3, 0.4) is 0 Å². The van der Waals surface area contributed by atoms with Crippen LogP contribution in [0, 0.1) is 6.92 Å². The third-order valence-electron chi connectivity index (χ3n) is 5.00. The molecular weight excluding hydrogens is 384 g/mol. The minimum atomic E-state index is -0.0727. The number of amides is 2. The summed E-state index contributed by atoms with van der Waals surface area (Å²) in [5.41, 5.74) is 3.45. The molecule has 2 aromatic heterocycles. The molecule has 4 rings (SSSR count). The van der Waals surface area contributed by atoms with Crippen LogP contribution < -0.4 is 0 Å². The number of rotatable bonds is 4. The Hall–Kier alpha value is -3.06. The summed E-state index contributed by atoms with van der Waals surface area (Å²) in [6, 6.07) is 13.7. The lowest BCUT2D eigenvalue weighted by Gasteiger charge is -2.34. The molecule has 1 aromatic carbocycles. The fraction of sp³-hybridized carbons (Fsp3) is 0.273. The van der Waals surface area contributed by atoms with Crippen LogP contribution in [0.1, 0.15) is 21.7 Å². The molecule has 2 amide bonds. The zero-order valence-corrected chi connectivity index (χ0v) is 17.1. The van der Waals surface area contributed by atoms with Gasteiger partial charge in [-0.3, -0.25) is 14.6 Å². The van der Waals surface area contributed by atoms with Crippen molar-refractivity contribution in [1.82, 2.24) is 19.8 Å². The molecule has 0 bridgehead atoms. The minimum absolute atomic E-state index is 0.0473. The van der Waals surface area contributed by atoms with Gasteiger partial charge in [-0.25, -0.2) is 4.98 Å². The first kappa shape index (κ1) is 19.3. The van der Waals surface area contributed by atoms with Gasteiger partial charge in [-0.1, -0.05) is 35.9 Å². The van der Waals surface area contributed by atoms with Crippen LogP contribution >= 0.6 is 11.3 Å². The van der Waals surface area contributed by atoms with Crippen molar-refractivity contribution in [1.29, 1.82) is 0 Å². The molecule has 1 saturated heterocycles. The lowest BCUT2D eigenvalue weighted by Crippen LogP contribution is -2.51. The second kappa shape index (κ2) is 8.53. The number of carbonyl (C=O) groups excluding carboxylic acids is 2. The lowest BCUT2D eigenvalue weighted by atomic mass is 10.2. The van der Waals surface area contributed by atoms with Crippen LogP contribution in [0.15, 0.2) is 54.0 Å². The number of pyridine rings is 1. The third-order valence-corrected chi connectivity index (χ3v) is 5.89. The summed E-state index contributed by atoms with van der Waals surface area (Å²) >= 11 is 1.48. The first-order valence-corrected chi connectivity index (χ1v) is 10.5. The van der Waals surface area contributed by atoms with Crippen molar-refractivity contribution >= 4 is 23.2 Å². The Morgan fingerprint density at radius 3 is 2.41 bits per heavy atom. The molecular formula is C22H22N4O2S. The van der Waals surface area contributed by atoms with Gasteiger partial charge in [-0.15, -0.1) is 11.3 Å². The summed E-state index contributed by atoms with van der Waals surface area (Å²) in [6.45, 7) is 4.15. The number of hydrogen-bond acceptors (Lipinski definition) is 5. The molecule has 7 heteroatoms. The maximum absolute atomic E-state index is 12.8. The molecule has 0 saturated carbocycles. The molecule has 1 fully saturated rings. The number of hydrogen-bond donors (Lipinski definition) is 0. The fourth-order valence-corrected chi connectivity index (χ4v) is 4.09. The molecule has 3 aromatic rings. The zero-order chi connectivity index (χ0) is 20.2. The van der Waals surface area contributed by atoms with E-state index in [2.05, 4.69) is 9.97 Å². The fourth-order valence-electron chi connectivity index (χ4n) is 3.29. The predicted molar refractivity (Wildman–Crippen MR) is 113 cm³/mol. The molecule has 29 heavy (non-hydrogen) atoms. The van der Waals surface area contributed by atoms with Crippen LogP contribution in [0.25, 0.3) is 10.6 Å². The molecule has 1 aliphatic rings. The summed E-state index contributed by atoms with van der Waals surface area (Å²) < 4.78 is 0. The second-order valence-electron chi connectivity index (χ2n) is 7.07. The van der Waals surface area contributed by atoms with E-state index in [-0.39, 0.29) is 11.8 Å². The number of carbonyl (C=O) groups is 2. The predicted octanol–water partition coefficient (Wildman–Crippen LogP) is 3.04. The van der Waals surface area contributed by atoms with Crippen molar-refractivity contribution in [2.45, 2.75) is 13.3 Å². The van der Waals surface area contributed by atoms with Gasteiger partial charge >= 0.3 is 0 Å². The Labute approximate surface area is 173 Å². The van der Waals surface area contributed by atoms with Gasteiger partial charge in [0.25, 0.3) is 5.91 Å². The minimum Gasteiger partial charge on any atom is -0.339 e. The van der Waals surface area contributed by atoms with Gasteiger partial charge in [-0.2, -0.15) is 0 Å². The van der Waals surface area contributed by atoms with E-state index in [0.717, 1.165) is 16.3 Å². The summed E-state index contributed by atoms with van der Waals surface area (Å²) in [4.78, 5) is 37.6. The molecule has 3 heterocycles. The van der Waals surface area contributed by atoms with E-state index >= 15 is 0 Å². The highest BCUT2D eigenvalue weighted by atomic mass is 32.1. The molecule has 0 aliphatic carbocycles. The van der Waals surface area contributed by atoms with Crippen LogP contribution in [0.4, 0.5) is 0 Å². The number of piperazine rings is 1. The highest BCUT2D eigenvalue weighted by Crippen LogP contribution is 2.24. The van der Waals surface area contributed by atoms with Gasteiger partial charge in [0, 0.05) is 49.0 Å². The van der Waals surface area contributed by atoms with Gasteiger partial charge in [0.2, 0.25) is 5.91 Å². The normalized spacial score (nSPS) is 14.1. The summed E-state index contributed by atoms with van der Waals surface area (Å²) in [5.74, 6) is -0.0254. The summed E-state index contributed by atoms with van der Waals surface area (Å²) in [7, 11) is 0. The Balaban J connectivity index is 1.34. The van der Waals surface area contributed by atoms with E-state index in [0.29, 0.717) is 38.3 Å². The Kier molecular flexibility index (Phi) is 5.67. The summed E-state index contributed by atoms with van der Waals surface area (Å²) in [5, 5.41) is 2.66. The van der Waals surface area contributed by atoms with E-state index in [9.17, 15) is 9.59 Å². The number of nitrogens with zero attached hydrogens (tertiary/aromatic N) is 4. The molecule has 0 N–H and O–H groups in total. The van der Waals surface area contributed by atoms with Crippen LogP contribution in [0.5, 0.6) is 0 Å². The number of aromatic nitrogens is 2. The van der Waals surface area contributed by atoms with Crippen molar-refractivity contribution in [3.8, 4) is 10.6 Å². The third kappa shape index (κ3) is 4.51. The van der Waals surface area contributed by atoms with Crippen LogP contribution in [-0.4, -0.2) is 57.8 Å². The van der Waals surface area contributed by atoms with E-state index < -0.39 is 0 Å². The number of aryl methyl sites for hydroxylation is 1. The first-order valence-electron chi connectivity index (χ1n) is 9.60. The maximum atomic E-state index is 12.8. The monoisotopic (exact) mass is 406 g/mol. The Morgan fingerprint density at radius 1 is 1.00 bits per heavy atom. The molecule has 0 radical (unpaired) electrons. The van der Waals surface area contributed by atoms with E-state index in [1.807, 2.05) is 54.8 Å². The van der Waals surface area contributed by atoms with Gasteiger partial charge < -0.3 is 9.80 Å². The van der Waals surface area contributed by atoms with Gasteiger partial charge in [0.05, 0.1) is 6.42 Å². The molecule has 148 valence electrons. The molecule has 0 atom stereocenters. The highest BCUT2D eigenvalue weighted by molar-refractivity contribution is 7.13. The standard InChI is InChI=1S/C22H22N4O2S/c1-16-5-7-17(8-6-16)21-24-19(15-29-21)22(28)26-12-10-25(11-13-26)20(27)14-18-4-2-3-9-23-18/h2-9,15H,10-14H2,1H3. The lowest BCUT2D eigenvalue weighted by molar-refractivity contribution is -0.132. The number of benzene rings is 1. The summed E-state index contributed by atoms with van der Waals surface area (Å²) in [6.07, 6.45) is 1.98. The highest BCUT2D eigenvalue weighted by Gasteiger charge is 2.26. The average Bonchev–Trinajstić information content (AvgIpc) is 3.25.